The quantitative estimate of drug-likeness (QED) is 0.886. The van der Waals surface area contributed by atoms with E-state index in [1.165, 1.54) is 6.07 Å². The van der Waals surface area contributed by atoms with E-state index in [1.807, 2.05) is 0 Å². The Balaban J connectivity index is 2.27. The largest absolute Gasteiger partial charge is 0.495 e. The Bertz CT molecular complexity index is 417. The first-order chi connectivity index (χ1) is 8.65. The van der Waals surface area contributed by atoms with Gasteiger partial charge in [-0.05, 0) is 7.05 Å². The average molecular weight is 253 g/mol. The number of nitrogens with zero attached hydrogens (tertiary/aromatic N) is 2. The zero-order valence-electron chi connectivity index (χ0n) is 11.2. The minimum Gasteiger partial charge on any atom is -0.495 e. The highest BCUT2D eigenvalue weighted by atomic mass is 19.1. The number of rotatable bonds is 3. The van der Waals surface area contributed by atoms with E-state index in [0.29, 0.717) is 17.1 Å². The normalized spacial score (nSPS) is 16.8. The van der Waals surface area contributed by atoms with Gasteiger partial charge in [-0.2, -0.15) is 0 Å². The second kappa shape index (κ2) is 5.44. The molecule has 1 aliphatic heterocycles. The first kappa shape index (κ1) is 13.0. The molecular formula is C13H20FN3O. The van der Waals surface area contributed by atoms with E-state index in [1.54, 1.807) is 20.2 Å². The molecule has 1 fully saturated rings. The van der Waals surface area contributed by atoms with E-state index in [-0.39, 0.29) is 5.82 Å². The zero-order chi connectivity index (χ0) is 13.1. The molecule has 0 saturated carbocycles. The van der Waals surface area contributed by atoms with Crippen molar-refractivity contribution < 1.29 is 9.13 Å². The summed E-state index contributed by atoms with van der Waals surface area (Å²) >= 11 is 0. The number of benzene rings is 1. The van der Waals surface area contributed by atoms with Gasteiger partial charge in [0.2, 0.25) is 0 Å². The molecule has 1 aromatic carbocycles. The van der Waals surface area contributed by atoms with Crippen LogP contribution in [0.15, 0.2) is 12.1 Å². The van der Waals surface area contributed by atoms with E-state index in [0.717, 1.165) is 26.2 Å². The number of anilines is 2. The Hall–Kier alpha value is -1.49. The third-order valence-electron chi connectivity index (χ3n) is 3.38. The van der Waals surface area contributed by atoms with Crippen LogP contribution < -0.4 is 15.0 Å². The van der Waals surface area contributed by atoms with Crippen LogP contribution in [0.4, 0.5) is 15.8 Å². The van der Waals surface area contributed by atoms with Crippen molar-refractivity contribution in [2.45, 2.75) is 0 Å². The molecule has 0 aliphatic carbocycles. The number of nitrogens with one attached hydrogen (secondary N) is 1. The summed E-state index contributed by atoms with van der Waals surface area (Å²) in [5, 5.41) is 2.93. The van der Waals surface area contributed by atoms with E-state index in [4.69, 9.17) is 4.74 Å². The van der Waals surface area contributed by atoms with Crippen molar-refractivity contribution in [1.82, 2.24) is 4.90 Å². The van der Waals surface area contributed by atoms with Crippen molar-refractivity contribution in [3.05, 3.63) is 17.9 Å². The minimum absolute atomic E-state index is 0.204. The highest BCUT2D eigenvalue weighted by Gasteiger charge is 2.19. The molecule has 5 heteroatoms. The number of methoxy groups -OCH3 is 1. The topological polar surface area (TPSA) is 27.7 Å². The third kappa shape index (κ3) is 2.51. The van der Waals surface area contributed by atoms with Crippen LogP contribution in [-0.2, 0) is 0 Å². The lowest BCUT2D eigenvalue weighted by molar-refractivity contribution is 0.311. The maximum absolute atomic E-state index is 14.1. The summed E-state index contributed by atoms with van der Waals surface area (Å²) < 4.78 is 19.4. The van der Waals surface area contributed by atoms with Crippen LogP contribution in [-0.4, -0.2) is 52.3 Å². The lowest BCUT2D eigenvalue weighted by Crippen LogP contribution is -2.44. The average Bonchev–Trinajstić information content (AvgIpc) is 2.39. The molecule has 0 atom stereocenters. The van der Waals surface area contributed by atoms with Gasteiger partial charge < -0.3 is 19.9 Å². The van der Waals surface area contributed by atoms with Crippen molar-refractivity contribution in [2.24, 2.45) is 0 Å². The fourth-order valence-corrected chi connectivity index (χ4v) is 2.20. The predicted molar refractivity (Wildman–Crippen MR) is 72.2 cm³/mol. The number of halogens is 1. The highest BCUT2D eigenvalue weighted by molar-refractivity contribution is 5.65. The van der Waals surface area contributed by atoms with Gasteiger partial charge in [0.1, 0.15) is 11.6 Å². The highest BCUT2D eigenvalue weighted by Crippen LogP contribution is 2.32. The fourth-order valence-electron chi connectivity index (χ4n) is 2.20. The Morgan fingerprint density at radius 1 is 1.22 bits per heavy atom. The zero-order valence-corrected chi connectivity index (χ0v) is 11.2. The van der Waals surface area contributed by atoms with Gasteiger partial charge in [0, 0.05) is 45.4 Å². The van der Waals surface area contributed by atoms with Crippen molar-refractivity contribution in [1.29, 1.82) is 0 Å². The summed E-state index contributed by atoms with van der Waals surface area (Å²) in [6.07, 6.45) is 0. The monoisotopic (exact) mass is 253 g/mol. The molecule has 0 unspecified atom stereocenters. The first-order valence-corrected chi connectivity index (χ1v) is 6.14. The predicted octanol–water partition coefficient (Wildman–Crippen LogP) is 1.63. The molecular weight excluding hydrogens is 233 g/mol. The van der Waals surface area contributed by atoms with Gasteiger partial charge in [-0.1, -0.05) is 0 Å². The molecule has 100 valence electrons. The molecule has 0 amide bonds. The first-order valence-electron chi connectivity index (χ1n) is 6.14. The molecule has 0 aromatic heterocycles. The summed E-state index contributed by atoms with van der Waals surface area (Å²) in [6, 6.07) is 3.26. The Morgan fingerprint density at radius 2 is 1.89 bits per heavy atom. The molecule has 0 spiro atoms. The molecule has 2 rings (SSSR count). The molecule has 0 bridgehead atoms. The van der Waals surface area contributed by atoms with E-state index in [9.17, 15) is 4.39 Å². The smallest absolute Gasteiger partial charge is 0.148 e. The number of hydrogen-bond acceptors (Lipinski definition) is 4. The summed E-state index contributed by atoms with van der Waals surface area (Å²) in [4.78, 5) is 4.31. The number of likely N-dealkylation sites (N-methyl/N-ethyl adjacent to an activating group) is 1. The molecule has 4 nitrogen and oxygen atoms in total. The fraction of sp³-hybridized carbons (Fsp3) is 0.538. The second-order valence-corrected chi connectivity index (χ2v) is 4.54. The molecule has 1 aromatic rings. The SMILES string of the molecule is CNc1cc(F)c(N2CCN(C)CC2)cc1OC. The lowest BCUT2D eigenvalue weighted by Gasteiger charge is -2.34. The van der Waals surface area contributed by atoms with Crippen LogP contribution in [0, 0.1) is 5.82 Å². The van der Waals surface area contributed by atoms with Crippen LogP contribution in [0.1, 0.15) is 0 Å². The maximum Gasteiger partial charge on any atom is 0.148 e. The number of hydrogen-bond donors (Lipinski definition) is 1. The van der Waals surface area contributed by atoms with Crippen LogP contribution in [0.3, 0.4) is 0 Å². The second-order valence-electron chi connectivity index (χ2n) is 4.54. The summed E-state index contributed by atoms with van der Waals surface area (Å²) in [5.74, 6) is 0.470. The summed E-state index contributed by atoms with van der Waals surface area (Å²) in [7, 11) is 5.44. The van der Waals surface area contributed by atoms with E-state index < -0.39 is 0 Å². The Labute approximate surface area is 107 Å². The molecule has 1 aliphatic rings. The van der Waals surface area contributed by atoms with Gasteiger partial charge in [-0.15, -0.1) is 0 Å². The van der Waals surface area contributed by atoms with Gasteiger partial charge in [0.15, 0.2) is 0 Å². The Kier molecular flexibility index (Phi) is 3.91. The van der Waals surface area contributed by atoms with Gasteiger partial charge in [-0.25, -0.2) is 4.39 Å². The molecule has 1 saturated heterocycles. The summed E-state index contributed by atoms with van der Waals surface area (Å²) in [6.45, 7) is 3.59. The van der Waals surface area contributed by atoms with Gasteiger partial charge in [0.05, 0.1) is 18.5 Å². The third-order valence-corrected chi connectivity index (χ3v) is 3.38. The molecule has 1 N–H and O–H groups in total. The van der Waals surface area contributed by atoms with Crippen LogP contribution >= 0.6 is 0 Å². The van der Waals surface area contributed by atoms with Gasteiger partial charge >= 0.3 is 0 Å². The van der Waals surface area contributed by atoms with Crippen molar-refractivity contribution in [2.75, 3.05) is 57.6 Å². The Morgan fingerprint density at radius 3 is 2.44 bits per heavy atom. The van der Waals surface area contributed by atoms with E-state index in [2.05, 4.69) is 22.2 Å². The van der Waals surface area contributed by atoms with Crippen LogP contribution in [0.25, 0.3) is 0 Å². The lowest BCUT2D eigenvalue weighted by atomic mass is 10.2. The molecule has 0 radical (unpaired) electrons. The molecule has 1 heterocycles. The van der Waals surface area contributed by atoms with E-state index >= 15 is 0 Å². The standard InChI is InChI=1S/C13H20FN3O/c1-15-11-8-10(14)12(9-13(11)18-3)17-6-4-16(2)5-7-17/h8-9,15H,4-7H2,1-3H3. The number of ether oxygens (including phenoxy) is 1. The molecule has 18 heavy (non-hydrogen) atoms. The number of piperazine rings is 1. The van der Waals surface area contributed by atoms with Gasteiger partial charge in [-0.3, -0.25) is 0 Å². The minimum atomic E-state index is -0.204. The van der Waals surface area contributed by atoms with Crippen molar-refractivity contribution in [3.63, 3.8) is 0 Å². The van der Waals surface area contributed by atoms with Gasteiger partial charge in [0.25, 0.3) is 0 Å². The van der Waals surface area contributed by atoms with Crippen LogP contribution in [0.2, 0.25) is 0 Å². The van der Waals surface area contributed by atoms with Crippen molar-refractivity contribution >= 4 is 11.4 Å². The summed E-state index contributed by atoms with van der Waals surface area (Å²) in [5.41, 5.74) is 1.30. The maximum atomic E-state index is 14.1. The van der Waals surface area contributed by atoms with Crippen molar-refractivity contribution in [3.8, 4) is 5.75 Å². The van der Waals surface area contributed by atoms with Crippen LogP contribution in [0.5, 0.6) is 5.75 Å².